The molecule has 2 aromatic carbocycles. The van der Waals surface area contributed by atoms with Gasteiger partial charge in [-0.25, -0.2) is 8.42 Å². The van der Waals surface area contributed by atoms with Gasteiger partial charge in [0.1, 0.15) is 0 Å². The van der Waals surface area contributed by atoms with Crippen molar-refractivity contribution >= 4 is 27.7 Å². The second-order valence-electron chi connectivity index (χ2n) is 4.46. The van der Waals surface area contributed by atoms with E-state index in [0.29, 0.717) is 16.7 Å². The first kappa shape index (κ1) is 16.4. The molecule has 8 nitrogen and oxygen atoms in total. The summed E-state index contributed by atoms with van der Waals surface area (Å²) in [7, 11) is -4.92. The van der Waals surface area contributed by atoms with Gasteiger partial charge in [-0.3, -0.25) is 14.1 Å². The number of rotatable bonds is 0. The zero-order valence-electron chi connectivity index (χ0n) is 11.3. The van der Waals surface area contributed by atoms with Crippen molar-refractivity contribution in [2.45, 2.75) is 0 Å². The Bertz CT molecular complexity index is 951. The van der Waals surface area contributed by atoms with Gasteiger partial charge in [-0.2, -0.15) is 0 Å². The van der Waals surface area contributed by atoms with Crippen LogP contribution < -0.4 is 0 Å². The lowest BCUT2D eigenvalue weighted by Crippen LogP contribution is -2.20. The van der Waals surface area contributed by atoms with E-state index in [2.05, 4.69) is 4.98 Å². The van der Waals surface area contributed by atoms with Crippen LogP contribution >= 0.6 is 0 Å². The molecular formula is C14H8N2O6S. The predicted molar refractivity (Wildman–Crippen MR) is 76.8 cm³/mol. The van der Waals surface area contributed by atoms with Crippen molar-refractivity contribution in [3.05, 3.63) is 69.7 Å². The molecule has 1 aliphatic rings. The molecule has 0 spiro atoms. The second kappa shape index (κ2) is 6.05. The first-order valence-corrected chi connectivity index (χ1v) is 7.44. The first-order chi connectivity index (χ1) is 10.7. The molecule has 0 saturated heterocycles. The first-order valence-electron chi connectivity index (χ1n) is 6.08. The summed E-state index contributed by atoms with van der Waals surface area (Å²) in [5.74, 6) is -0.393. The average molecular weight is 332 g/mol. The van der Waals surface area contributed by atoms with E-state index in [0.717, 1.165) is 0 Å². The van der Waals surface area contributed by atoms with Crippen LogP contribution in [-0.2, 0) is 10.4 Å². The van der Waals surface area contributed by atoms with Crippen LogP contribution in [0.15, 0.2) is 42.5 Å². The molecule has 0 aliphatic heterocycles. The van der Waals surface area contributed by atoms with Crippen molar-refractivity contribution in [3.8, 4) is 0 Å². The van der Waals surface area contributed by atoms with Crippen molar-refractivity contribution in [2.75, 3.05) is 0 Å². The van der Waals surface area contributed by atoms with Gasteiger partial charge in [-0.1, -0.05) is 24.3 Å². The van der Waals surface area contributed by atoms with Crippen LogP contribution in [0.25, 0.3) is 4.98 Å². The third-order valence-electron chi connectivity index (χ3n) is 3.02. The lowest BCUT2D eigenvalue weighted by Gasteiger charge is -2.15. The van der Waals surface area contributed by atoms with Gasteiger partial charge in [0.25, 0.3) is 0 Å². The number of carbonyl (C=O) groups excluding carboxylic acids is 2. The molecule has 0 heterocycles. The maximum absolute atomic E-state index is 12.2. The Balaban J connectivity index is 0.000000338. The normalized spacial score (nSPS) is 12.4. The molecule has 0 amide bonds. The smallest absolute Gasteiger partial charge is 0.385 e. The molecule has 0 bridgehead atoms. The van der Waals surface area contributed by atoms with Crippen LogP contribution in [0.5, 0.6) is 0 Å². The molecule has 2 aromatic rings. The molecule has 0 atom stereocenters. The van der Waals surface area contributed by atoms with E-state index in [4.69, 9.17) is 22.9 Å². The van der Waals surface area contributed by atoms with Crippen LogP contribution in [0.3, 0.4) is 0 Å². The Labute approximate surface area is 130 Å². The Morgan fingerprint density at radius 3 is 1.83 bits per heavy atom. The lowest BCUT2D eigenvalue weighted by molar-refractivity contribution is 0.0979. The van der Waals surface area contributed by atoms with Crippen molar-refractivity contribution in [1.82, 2.24) is 0 Å². The molecule has 0 aromatic heterocycles. The SMILES string of the molecule is N#[N+]c1ccc2c(c1)C(=O)c1ccccc1C2=O.O=S(=O)([O-])O. The third-order valence-corrected chi connectivity index (χ3v) is 3.02. The highest BCUT2D eigenvalue weighted by molar-refractivity contribution is 7.79. The Morgan fingerprint density at radius 1 is 0.913 bits per heavy atom. The van der Waals surface area contributed by atoms with Gasteiger partial charge in [0.15, 0.2) is 16.5 Å². The highest BCUT2D eigenvalue weighted by Crippen LogP contribution is 2.29. The van der Waals surface area contributed by atoms with E-state index < -0.39 is 10.4 Å². The molecule has 9 heteroatoms. The maximum Gasteiger partial charge on any atom is 0.385 e. The summed E-state index contributed by atoms with van der Waals surface area (Å²) in [4.78, 5) is 27.5. The number of nitrogens with zero attached hydrogens (tertiary/aromatic N) is 2. The van der Waals surface area contributed by atoms with Crippen molar-refractivity contribution in [3.63, 3.8) is 0 Å². The van der Waals surface area contributed by atoms with Crippen molar-refractivity contribution in [1.29, 1.82) is 5.39 Å². The Kier molecular flexibility index (Phi) is 4.33. The molecule has 0 fully saturated rings. The number of hydrogen-bond acceptors (Lipinski definition) is 6. The summed E-state index contributed by atoms with van der Waals surface area (Å²) in [6.45, 7) is 0. The van der Waals surface area contributed by atoms with Crippen LogP contribution in [0.1, 0.15) is 31.8 Å². The lowest BCUT2D eigenvalue weighted by atomic mass is 9.84. The van der Waals surface area contributed by atoms with Gasteiger partial charge in [-0.15, -0.1) is 0 Å². The summed E-state index contributed by atoms with van der Waals surface area (Å²) >= 11 is 0. The zero-order chi connectivity index (χ0) is 17.2. The minimum Gasteiger partial charge on any atom is -0.726 e. The van der Waals surface area contributed by atoms with Crippen molar-refractivity contribution < 1.29 is 27.1 Å². The molecule has 1 aliphatic carbocycles. The Morgan fingerprint density at radius 2 is 1.35 bits per heavy atom. The fourth-order valence-corrected chi connectivity index (χ4v) is 2.15. The van der Waals surface area contributed by atoms with Gasteiger partial charge in [0.2, 0.25) is 15.8 Å². The molecular weight excluding hydrogens is 324 g/mol. The van der Waals surface area contributed by atoms with Gasteiger partial charge in [0, 0.05) is 34.4 Å². The van der Waals surface area contributed by atoms with E-state index in [1.165, 1.54) is 18.2 Å². The van der Waals surface area contributed by atoms with Crippen LogP contribution in [0.4, 0.5) is 5.69 Å². The molecule has 0 saturated carbocycles. The number of carbonyl (C=O) groups is 2. The molecule has 23 heavy (non-hydrogen) atoms. The minimum absolute atomic E-state index is 0.176. The maximum atomic E-state index is 12.2. The minimum atomic E-state index is -4.92. The largest absolute Gasteiger partial charge is 0.726 e. The summed E-state index contributed by atoms with van der Waals surface area (Å²) in [6.07, 6.45) is 0. The summed E-state index contributed by atoms with van der Waals surface area (Å²) < 4.78 is 32.8. The number of hydrogen-bond donors (Lipinski definition) is 1. The highest BCUT2D eigenvalue weighted by Gasteiger charge is 2.30. The van der Waals surface area contributed by atoms with E-state index in [-0.39, 0.29) is 22.8 Å². The highest BCUT2D eigenvalue weighted by atomic mass is 32.3. The summed E-state index contributed by atoms with van der Waals surface area (Å²) in [5.41, 5.74) is 1.71. The number of ketones is 2. The predicted octanol–water partition coefficient (Wildman–Crippen LogP) is 1.95. The van der Waals surface area contributed by atoms with Crippen LogP contribution in [0.2, 0.25) is 0 Å². The molecule has 116 valence electrons. The molecule has 1 N–H and O–H groups in total. The van der Waals surface area contributed by atoms with E-state index >= 15 is 0 Å². The molecule has 0 unspecified atom stereocenters. The number of benzene rings is 2. The van der Waals surface area contributed by atoms with Crippen LogP contribution in [0, 0.1) is 5.39 Å². The van der Waals surface area contributed by atoms with Gasteiger partial charge >= 0.3 is 5.69 Å². The number of diazo groups is 1. The summed E-state index contributed by atoms with van der Waals surface area (Å²) in [6, 6.07) is 11.1. The van der Waals surface area contributed by atoms with Crippen molar-refractivity contribution in [2.24, 2.45) is 0 Å². The van der Waals surface area contributed by atoms with Gasteiger partial charge in [0.05, 0.1) is 0 Å². The molecule has 3 rings (SSSR count). The van der Waals surface area contributed by atoms with Gasteiger partial charge in [-0.05, 0) is 6.07 Å². The average Bonchev–Trinajstić information content (AvgIpc) is 2.50. The standard InChI is InChI=1S/C14H7N2O2.H2O4S/c15-16-8-5-6-11-12(7-8)14(18)10-4-2-1-3-9(10)13(11)17;1-5(2,3)4/h1-7H;(H2,1,2,3,4)/q+1;/p-1. The van der Waals surface area contributed by atoms with E-state index in [1.54, 1.807) is 24.3 Å². The topological polar surface area (TPSA) is 140 Å². The fraction of sp³-hybridized carbons (Fsp3) is 0. The fourth-order valence-electron chi connectivity index (χ4n) is 2.15. The van der Waals surface area contributed by atoms with E-state index in [1.807, 2.05) is 0 Å². The quantitative estimate of drug-likeness (QED) is 0.377. The van der Waals surface area contributed by atoms with Crippen LogP contribution in [-0.4, -0.2) is 29.1 Å². The van der Waals surface area contributed by atoms with Gasteiger partial charge < -0.3 is 4.55 Å². The Hall–Kier alpha value is -2.93. The zero-order valence-corrected chi connectivity index (χ0v) is 12.1. The van der Waals surface area contributed by atoms with E-state index in [9.17, 15) is 9.59 Å². The second-order valence-corrected chi connectivity index (χ2v) is 5.32. The monoisotopic (exact) mass is 332 g/mol. The number of fused-ring (bicyclic) bond motifs is 2. The molecule has 0 radical (unpaired) electrons. The third kappa shape index (κ3) is 3.64. The summed E-state index contributed by atoms with van der Waals surface area (Å²) in [5, 5.41) is 8.72.